The van der Waals surface area contributed by atoms with E-state index in [-0.39, 0.29) is 11.1 Å². The van der Waals surface area contributed by atoms with Crippen molar-refractivity contribution in [1.82, 2.24) is 0 Å². The molecule has 0 N–H and O–H groups in total. The topological polar surface area (TPSA) is 47.6 Å². The van der Waals surface area contributed by atoms with E-state index in [1.165, 1.54) is 0 Å². The molecule has 0 radical (unpaired) electrons. The lowest BCUT2D eigenvalue weighted by molar-refractivity contribution is 1.45. The van der Waals surface area contributed by atoms with Gasteiger partial charge in [-0.05, 0) is 24.2 Å². The zero-order chi connectivity index (χ0) is 10.9. The fourth-order valence-electron chi connectivity index (χ4n) is 0.424. The fourth-order valence-corrected chi connectivity index (χ4v) is 0.424. The molecule has 0 aromatic heterocycles. The lowest BCUT2D eigenvalue weighted by Crippen LogP contribution is -1.74. The highest BCUT2D eigenvalue weighted by atomic mass is 14.2. The molecule has 46 valence electrons. The number of hydrogen-bond donors (Lipinski definition) is 0. The molecule has 0 saturated carbocycles. The quantitative estimate of drug-likeness (QED) is 0.536. The molecule has 0 bridgehead atoms. The van der Waals surface area contributed by atoms with Gasteiger partial charge in [-0.15, -0.1) is 0 Å². The molecule has 1 rings (SSSR count). The monoisotopic (exact) mass is 132 g/mol. The maximum absolute atomic E-state index is 8.57. The fraction of sp³-hybridized carbons (Fsp3) is 0. The van der Waals surface area contributed by atoms with Crippen LogP contribution < -0.4 is 0 Å². The Morgan fingerprint density at radius 2 is 1.30 bits per heavy atom. The van der Waals surface area contributed by atoms with Gasteiger partial charge >= 0.3 is 0 Å². The highest BCUT2D eigenvalue weighted by Crippen LogP contribution is 2.00. The Morgan fingerprint density at radius 3 is 1.50 bits per heavy atom. The van der Waals surface area contributed by atoms with Crippen molar-refractivity contribution in [2.24, 2.45) is 0 Å². The van der Waals surface area contributed by atoms with Crippen LogP contribution in [0.25, 0.3) is 0 Å². The minimum atomic E-state index is -0.468. The van der Waals surface area contributed by atoms with E-state index >= 15 is 0 Å². The van der Waals surface area contributed by atoms with Gasteiger partial charge in [0.25, 0.3) is 0 Å². The summed E-state index contributed by atoms with van der Waals surface area (Å²) in [5, 5.41) is 17.1. The Hall–Kier alpha value is -1.80. The van der Waals surface area contributed by atoms with Crippen molar-refractivity contribution in [2.45, 2.75) is 0 Å². The molecular formula is C8H4N2. The molecule has 0 saturated heterocycles. The first-order valence-corrected chi connectivity index (χ1v) is 2.45. The summed E-state index contributed by atoms with van der Waals surface area (Å²) in [4.78, 5) is 0. The molecule has 0 heterocycles. The average Bonchev–Trinajstić information content (AvgIpc) is 2.17. The molecule has 2 nitrogen and oxygen atoms in total. The Balaban J connectivity index is 3.77. The summed E-state index contributed by atoms with van der Waals surface area (Å²) in [5.74, 6) is 0. The van der Waals surface area contributed by atoms with E-state index in [0.717, 1.165) is 0 Å². The lowest BCUT2D eigenvalue weighted by Gasteiger charge is -1.85. The second-order valence-electron chi connectivity index (χ2n) is 1.47. The van der Waals surface area contributed by atoms with Gasteiger partial charge in [0.2, 0.25) is 0 Å². The van der Waals surface area contributed by atoms with Crippen LogP contribution in [0.4, 0.5) is 0 Å². The first-order chi connectivity index (χ1) is 6.54. The first-order valence-electron chi connectivity index (χ1n) is 4.45. The molecule has 2 heteroatoms. The molecule has 0 aliphatic carbocycles. The van der Waals surface area contributed by atoms with E-state index in [9.17, 15) is 0 Å². The number of rotatable bonds is 0. The largest absolute Gasteiger partial charge is 0.192 e. The maximum Gasteiger partial charge on any atom is 0.0991 e. The molecule has 0 fully saturated rings. The van der Waals surface area contributed by atoms with Gasteiger partial charge in [0, 0.05) is 0 Å². The summed E-state index contributed by atoms with van der Waals surface area (Å²) >= 11 is 0. The predicted octanol–water partition coefficient (Wildman–Crippen LogP) is 1.43. The van der Waals surface area contributed by atoms with Crippen LogP contribution in [-0.4, -0.2) is 0 Å². The van der Waals surface area contributed by atoms with Crippen molar-refractivity contribution in [3.05, 3.63) is 35.3 Å². The van der Waals surface area contributed by atoms with Gasteiger partial charge in [0.15, 0.2) is 0 Å². The summed E-state index contributed by atoms with van der Waals surface area (Å²) in [6.07, 6.45) is 0. The van der Waals surface area contributed by atoms with Gasteiger partial charge in [-0.2, -0.15) is 10.5 Å². The standard InChI is InChI=1S/C8H4N2/c9-5-7-1-2-8(6-10)4-3-7/h1-4H/i1D,2D,3D,4D. The van der Waals surface area contributed by atoms with E-state index in [4.69, 9.17) is 16.0 Å². The van der Waals surface area contributed by atoms with Gasteiger partial charge in [-0.1, -0.05) is 0 Å². The molecule has 0 aliphatic rings. The Kier molecular flexibility index (Phi) is 0.760. The predicted molar refractivity (Wildman–Crippen MR) is 35.9 cm³/mol. The van der Waals surface area contributed by atoms with Crippen molar-refractivity contribution < 1.29 is 5.48 Å². The zero-order valence-electron chi connectivity index (χ0n) is 8.89. The van der Waals surface area contributed by atoms with E-state index in [1.807, 2.05) is 0 Å². The SMILES string of the molecule is [2H]c1c([2H])c(C#N)c([2H])c([2H])c1C#N. The molecule has 0 atom stereocenters. The average molecular weight is 132 g/mol. The van der Waals surface area contributed by atoms with Crippen molar-refractivity contribution in [3.63, 3.8) is 0 Å². The second-order valence-corrected chi connectivity index (χ2v) is 1.47. The van der Waals surface area contributed by atoms with Crippen LogP contribution in [0.3, 0.4) is 0 Å². The van der Waals surface area contributed by atoms with Gasteiger partial charge in [-0.25, -0.2) is 0 Å². The number of nitriles is 2. The summed E-state index contributed by atoms with van der Waals surface area (Å²) in [7, 11) is 0. The van der Waals surface area contributed by atoms with Crippen LogP contribution in [0.1, 0.15) is 16.6 Å². The highest BCUT2D eigenvalue weighted by molar-refractivity contribution is 5.36. The van der Waals surface area contributed by atoms with Crippen molar-refractivity contribution in [1.29, 1.82) is 10.5 Å². The van der Waals surface area contributed by atoms with Gasteiger partial charge < -0.3 is 0 Å². The first kappa shape index (κ1) is 2.86. The van der Waals surface area contributed by atoms with Gasteiger partial charge in [0.1, 0.15) is 0 Å². The lowest BCUT2D eigenvalue weighted by atomic mass is 10.2. The molecule has 0 unspecified atom stereocenters. The van der Waals surface area contributed by atoms with Crippen molar-refractivity contribution >= 4 is 0 Å². The normalized spacial score (nSPS) is 13.4. The van der Waals surface area contributed by atoms with Crippen LogP contribution in [0.5, 0.6) is 0 Å². The highest BCUT2D eigenvalue weighted by Gasteiger charge is 1.88. The van der Waals surface area contributed by atoms with E-state index in [2.05, 4.69) is 0 Å². The molecule has 1 aromatic carbocycles. The molecule has 1 aromatic rings. The summed E-state index contributed by atoms with van der Waals surface area (Å²) in [6, 6.07) is 1.27. The summed E-state index contributed by atoms with van der Waals surface area (Å²) < 4.78 is 29.3. The van der Waals surface area contributed by atoms with Crippen molar-refractivity contribution in [2.75, 3.05) is 0 Å². The van der Waals surface area contributed by atoms with Crippen LogP contribution in [0.15, 0.2) is 24.2 Å². The van der Waals surface area contributed by atoms with Gasteiger partial charge in [0.05, 0.1) is 28.7 Å². The molecule has 0 aliphatic heterocycles. The third-order valence-electron chi connectivity index (χ3n) is 0.849. The second kappa shape index (κ2) is 2.66. The number of nitrogens with zero attached hydrogens (tertiary/aromatic N) is 2. The number of hydrogen-bond acceptors (Lipinski definition) is 2. The Bertz CT molecular complexity index is 408. The summed E-state index contributed by atoms with van der Waals surface area (Å²) in [5.41, 5.74) is -0.669. The Morgan fingerprint density at radius 1 is 1.00 bits per heavy atom. The maximum atomic E-state index is 8.57. The van der Waals surface area contributed by atoms with E-state index < -0.39 is 24.2 Å². The van der Waals surface area contributed by atoms with E-state index in [1.54, 1.807) is 12.1 Å². The summed E-state index contributed by atoms with van der Waals surface area (Å²) in [6.45, 7) is 0. The van der Waals surface area contributed by atoms with Crippen LogP contribution in [0, 0.1) is 22.7 Å². The van der Waals surface area contributed by atoms with Gasteiger partial charge in [-0.3, -0.25) is 0 Å². The minimum Gasteiger partial charge on any atom is -0.192 e. The Labute approximate surface area is 64.6 Å². The molecule has 0 amide bonds. The number of benzene rings is 1. The molecular weight excluding hydrogens is 124 g/mol. The third-order valence-corrected chi connectivity index (χ3v) is 0.849. The van der Waals surface area contributed by atoms with Crippen molar-refractivity contribution in [3.8, 4) is 12.1 Å². The van der Waals surface area contributed by atoms with E-state index in [0.29, 0.717) is 0 Å². The molecule has 0 spiro atoms. The van der Waals surface area contributed by atoms with Crippen LogP contribution in [0.2, 0.25) is 0 Å². The molecule has 10 heavy (non-hydrogen) atoms. The minimum absolute atomic E-state index is 0.334. The van der Waals surface area contributed by atoms with Crippen LogP contribution >= 0.6 is 0 Å². The third kappa shape index (κ3) is 1.13. The van der Waals surface area contributed by atoms with Crippen LogP contribution in [-0.2, 0) is 0 Å². The zero-order valence-corrected chi connectivity index (χ0v) is 4.89. The smallest absolute Gasteiger partial charge is 0.0991 e.